The van der Waals surface area contributed by atoms with Crippen molar-refractivity contribution < 1.29 is 9.18 Å². The topological polar surface area (TPSA) is 124 Å². The number of carbonyl (C=O) groups excluding carboxylic acids is 1. The summed E-state index contributed by atoms with van der Waals surface area (Å²) in [6, 6.07) is 5.31. The van der Waals surface area contributed by atoms with E-state index >= 15 is 0 Å². The van der Waals surface area contributed by atoms with Crippen molar-refractivity contribution in [2.45, 2.75) is 32.7 Å². The molecule has 5 rings (SSSR count). The molecule has 9 nitrogen and oxygen atoms in total. The minimum Gasteiger partial charge on any atom is -0.396 e. The Morgan fingerprint density at radius 2 is 2.06 bits per heavy atom. The number of nitrogens with zero attached hydrogens (tertiary/aromatic N) is 6. The summed E-state index contributed by atoms with van der Waals surface area (Å²) in [5.74, 6) is 0.179. The van der Waals surface area contributed by atoms with Gasteiger partial charge in [-0.2, -0.15) is 4.80 Å². The highest BCUT2D eigenvalue weighted by Gasteiger charge is 2.27. The molecule has 3 heterocycles. The van der Waals surface area contributed by atoms with E-state index in [1.54, 1.807) is 42.3 Å². The van der Waals surface area contributed by atoms with E-state index in [4.69, 9.17) is 5.73 Å². The van der Waals surface area contributed by atoms with Crippen molar-refractivity contribution in [1.82, 2.24) is 30.2 Å². The first-order valence-electron chi connectivity index (χ1n) is 10.4. The van der Waals surface area contributed by atoms with Crippen molar-refractivity contribution in [2.75, 3.05) is 11.1 Å². The standard InChI is InChI=1S/C23H21FN8O/c1-12-3-4-26-10-18(12)17-8-15-9-20(27-11-19(15)23(25)22(17)24)28-21(33)7-14-5-16(6-14)32-30-13(2)29-31-32/h3-4,7-11,16H,5-6,25H2,1-2H3,(H,27,28,33). The number of rotatable bonds is 4. The molecule has 1 aromatic carbocycles. The second kappa shape index (κ2) is 8.05. The number of nitrogens with two attached hydrogens (primary N) is 1. The molecule has 0 unspecified atom stereocenters. The van der Waals surface area contributed by atoms with Crippen LogP contribution >= 0.6 is 0 Å². The van der Waals surface area contributed by atoms with Crippen LogP contribution in [0, 0.1) is 19.7 Å². The highest BCUT2D eigenvalue weighted by molar-refractivity contribution is 6.02. The lowest BCUT2D eigenvalue weighted by Gasteiger charge is -2.27. The van der Waals surface area contributed by atoms with Crippen LogP contribution in [0.3, 0.4) is 0 Å². The summed E-state index contributed by atoms with van der Waals surface area (Å²) in [5, 5.41) is 16.0. The van der Waals surface area contributed by atoms with Gasteiger partial charge in [-0.25, -0.2) is 9.37 Å². The van der Waals surface area contributed by atoms with Crippen LogP contribution in [0.25, 0.3) is 21.9 Å². The predicted octanol–water partition coefficient (Wildman–Crippen LogP) is 3.52. The van der Waals surface area contributed by atoms with Gasteiger partial charge in [0.1, 0.15) is 5.82 Å². The third-order valence-electron chi connectivity index (χ3n) is 5.77. The molecule has 1 aliphatic carbocycles. The number of tetrazole rings is 1. The fourth-order valence-electron chi connectivity index (χ4n) is 3.94. The Morgan fingerprint density at radius 1 is 1.24 bits per heavy atom. The third kappa shape index (κ3) is 3.91. The van der Waals surface area contributed by atoms with Crippen LogP contribution in [0.15, 0.2) is 48.4 Å². The predicted molar refractivity (Wildman–Crippen MR) is 122 cm³/mol. The number of anilines is 2. The Hall–Kier alpha value is -4.21. The minimum atomic E-state index is -0.515. The van der Waals surface area contributed by atoms with E-state index in [0.29, 0.717) is 46.4 Å². The molecule has 1 aliphatic rings. The zero-order valence-electron chi connectivity index (χ0n) is 18.1. The molecule has 1 saturated carbocycles. The SMILES string of the molecule is Cc1nnn(C2CC(=CC(=O)Nc3cc4cc(-c5cnccc5C)c(F)c(N)c4cn3)C2)n1. The van der Waals surface area contributed by atoms with Crippen molar-refractivity contribution in [2.24, 2.45) is 0 Å². The quantitative estimate of drug-likeness (QED) is 0.364. The fourth-order valence-corrected chi connectivity index (χ4v) is 3.94. The second-order valence-electron chi connectivity index (χ2n) is 8.14. The van der Waals surface area contributed by atoms with Gasteiger partial charge in [0.25, 0.3) is 0 Å². The first-order valence-corrected chi connectivity index (χ1v) is 10.4. The summed E-state index contributed by atoms with van der Waals surface area (Å²) >= 11 is 0. The van der Waals surface area contributed by atoms with E-state index < -0.39 is 5.82 Å². The largest absolute Gasteiger partial charge is 0.396 e. The maximum Gasteiger partial charge on any atom is 0.249 e. The average molecular weight is 444 g/mol. The number of carbonyl (C=O) groups is 1. The van der Waals surface area contributed by atoms with E-state index in [0.717, 1.165) is 11.1 Å². The Morgan fingerprint density at radius 3 is 2.79 bits per heavy atom. The second-order valence-corrected chi connectivity index (χ2v) is 8.14. The van der Waals surface area contributed by atoms with E-state index in [-0.39, 0.29) is 17.6 Å². The summed E-state index contributed by atoms with van der Waals surface area (Å²) in [7, 11) is 0. The van der Waals surface area contributed by atoms with Crippen LogP contribution in [0.4, 0.5) is 15.9 Å². The van der Waals surface area contributed by atoms with Gasteiger partial charge in [0.15, 0.2) is 11.6 Å². The van der Waals surface area contributed by atoms with E-state index in [1.165, 1.54) is 6.20 Å². The molecular formula is C23H21FN8O. The molecule has 1 fully saturated rings. The maximum absolute atomic E-state index is 15.0. The van der Waals surface area contributed by atoms with E-state index in [1.807, 2.05) is 13.0 Å². The fraction of sp³-hybridized carbons (Fsp3) is 0.217. The molecule has 166 valence electrons. The molecule has 33 heavy (non-hydrogen) atoms. The van der Waals surface area contributed by atoms with Gasteiger partial charge in [-0.3, -0.25) is 9.78 Å². The van der Waals surface area contributed by atoms with Crippen molar-refractivity contribution in [3.63, 3.8) is 0 Å². The molecule has 10 heteroatoms. The highest BCUT2D eigenvalue weighted by Crippen LogP contribution is 2.36. The number of pyridine rings is 2. The molecule has 0 radical (unpaired) electrons. The van der Waals surface area contributed by atoms with Crippen LogP contribution in [0.1, 0.15) is 30.3 Å². The van der Waals surface area contributed by atoms with Gasteiger partial charge in [-0.1, -0.05) is 5.57 Å². The molecule has 0 bridgehead atoms. The van der Waals surface area contributed by atoms with Gasteiger partial charge in [0, 0.05) is 41.2 Å². The molecule has 3 aromatic heterocycles. The Balaban J connectivity index is 1.36. The number of halogens is 1. The van der Waals surface area contributed by atoms with E-state index in [9.17, 15) is 9.18 Å². The molecule has 4 aromatic rings. The Labute approximate surface area is 188 Å². The summed E-state index contributed by atoms with van der Waals surface area (Å²) in [6.07, 6.45) is 7.68. The van der Waals surface area contributed by atoms with Gasteiger partial charge < -0.3 is 11.1 Å². The maximum atomic E-state index is 15.0. The van der Waals surface area contributed by atoms with Crippen molar-refractivity contribution in [3.05, 3.63) is 65.6 Å². The monoisotopic (exact) mass is 444 g/mol. The average Bonchev–Trinajstić information content (AvgIpc) is 3.19. The lowest BCUT2D eigenvalue weighted by molar-refractivity contribution is -0.112. The number of amides is 1. The molecule has 0 saturated heterocycles. The number of fused-ring (bicyclic) bond motifs is 1. The van der Waals surface area contributed by atoms with Crippen LogP contribution in [0.2, 0.25) is 0 Å². The first kappa shape index (κ1) is 20.7. The van der Waals surface area contributed by atoms with Crippen molar-refractivity contribution >= 4 is 28.2 Å². The highest BCUT2D eigenvalue weighted by atomic mass is 19.1. The number of nitrogens with one attached hydrogen (secondary N) is 1. The van der Waals surface area contributed by atoms with Crippen LogP contribution < -0.4 is 11.1 Å². The zero-order chi connectivity index (χ0) is 23.1. The van der Waals surface area contributed by atoms with Gasteiger partial charge in [-0.15, -0.1) is 10.2 Å². The van der Waals surface area contributed by atoms with E-state index in [2.05, 4.69) is 30.7 Å². The smallest absolute Gasteiger partial charge is 0.249 e. The first-order chi connectivity index (χ1) is 15.9. The molecule has 1 amide bonds. The van der Waals surface area contributed by atoms with Crippen LogP contribution in [0.5, 0.6) is 0 Å². The summed E-state index contributed by atoms with van der Waals surface area (Å²) in [4.78, 5) is 22.4. The molecule has 0 spiro atoms. The zero-order valence-corrected chi connectivity index (χ0v) is 18.1. The Bertz CT molecular complexity index is 1420. The molecular weight excluding hydrogens is 423 g/mol. The minimum absolute atomic E-state index is 0.00992. The van der Waals surface area contributed by atoms with Crippen LogP contribution in [-0.4, -0.2) is 36.1 Å². The normalized spacial score (nSPS) is 15.4. The number of aryl methyl sites for hydroxylation is 2. The molecule has 3 N–H and O–H groups in total. The van der Waals surface area contributed by atoms with Crippen molar-refractivity contribution in [3.8, 4) is 11.1 Å². The van der Waals surface area contributed by atoms with Gasteiger partial charge in [-0.05, 0) is 61.1 Å². The number of benzene rings is 1. The van der Waals surface area contributed by atoms with Gasteiger partial charge >= 0.3 is 0 Å². The summed E-state index contributed by atoms with van der Waals surface area (Å²) in [5.41, 5.74) is 8.96. The molecule has 0 atom stereocenters. The Kier molecular flexibility index (Phi) is 5.04. The number of hydrogen-bond donors (Lipinski definition) is 2. The van der Waals surface area contributed by atoms with Gasteiger partial charge in [0.05, 0.1) is 11.7 Å². The lowest BCUT2D eigenvalue weighted by atomic mass is 9.86. The summed E-state index contributed by atoms with van der Waals surface area (Å²) in [6.45, 7) is 3.67. The number of allylic oxidation sites excluding steroid dienone is 1. The number of aromatic nitrogens is 6. The van der Waals surface area contributed by atoms with Crippen LogP contribution in [-0.2, 0) is 4.79 Å². The van der Waals surface area contributed by atoms with Gasteiger partial charge in [0.2, 0.25) is 5.91 Å². The lowest BCUT2D eigenvalue weighted by Crippen LogP contribution is -2.23. The third-order valence-corrected chi connectivity index (χ3v) is 5.77. The number of nitrogen functional groups attached to an aromatic ring is 1. The molecule has 0 aliphatic heterocycles. The number of hydrogen-bond acceptors (Lipinski definition) is 7. The van der Waals surface area contributed by atoms with Crippen molar-refractivity contribution in [1.29, 1.82) is 0 Å². The summed E-state index contributed by atoms with van der Waals surface area (Å²) < 4.78 is 15.0.